The lowest BCUT2D eigenvalue weighted by atomic mass is 10.1. The Hall–Kier alpha value is -1.40. The summed E-state index contributed by atoms with van der Waals surface area (Å²) < 4.78 is 0. The van der Waals surface area contributed by atoms with Gasteiger partial charge in [0.2, 0.25) is 0 Å². The third kappa shape index (κ3) is 2.83. The molecule has 0 atom stereocenters. The second-order valence-corrected chi connectivity index (χ2v) is 4.56. The van der Waals surface area contributed by atoms with Crippen LogP contribution < -0.4 is 16.6 Å². The van der Waals surface area contributed by atoms with E-state index in [1.165, 1.54) is 6.33 Å². The maximum absolute atomic E-state index is 5.40. The summed E-state index contributed by atoms with van der Waals surface area (Å²) in [6.07, 6.45) is 3.82. The van der Waals surface area contributed by atoms with Crippen LogP contribution in [0, 0.1) is 6.92 Å². The van der Waals surface area contributed by atoms with E-state index >= 15 is 0 Å². The molecule has 1 aliphatic rings. The van der Waals surface area contributed by atoms with Crippen LogP contribution in [0.4, 0.5) is 11.6 Å². The molecule has 0 saturated carbocycles. The Morgan fingerprint density at radius 3 is 2.59 bits per heavy atom. The lowest BCUT2D eigenvalue weighted by Crippen LogP contribution is -2.37. The van der Waals surface area contributed by atoms with Gasteiger partial charge in [-0.2, -0.15) is 0 Å². The third-order valence-electron chi connectivity index (χ3n) is 3.28. The summed E-state index contributed by atoms with van der Waals surface area (Å²) in [5, 5.41) is 3.47. The Morgan fingerprint density at radius 1 is 1.29 bits per heavy atom. The average molecular weight is 236 g/mol. The number of piperidine rings is 1. The van der Waals surface area contributed by atoms with E-state index in [-0.39, 0.29) is 0 Å². The highest BCUT2D eigenvalue weighted by atomic mass is 15.3. The van der Waals surface area contributed by atoms with Crippen LogP contribution in [0.3, 0.4) is 0 Å². The summed E-state index contributed by atoms with van der Waals surface area (Å²) in [4.78, 5) is 10.7. The normalized spacial score (nSPS) is 18.1. The van der Waals surface area contributed by atoms with Gasteiger partial charge in [-0.1, -0.05) is 0 Å². The first kappa shape index (κ1) is 12.1. The molecule has 0 spiro atoms. The quantitative estimate of drug-likeness (QED) is 0.526. The molecule has 94 valence electrons. The smallest absolute Gasteiger partial charge is 0.148 e. The topological polar surface area (TPSA) is 79.1 Å². The van der Waals surface area contributed by atoms with Gasteiger partial charge in [0.1, 0.15) is 18.0 Å². The molecule has 2 rings (SSSR count). The van der Waals surface area contributed by atoms with Crippen molar-refractivity contribution < 1.29 is 0 Å². The number of anilines is 2. The van der Waals surface area contributed by atoms with Crippen LogP contribution in [0.15, 0.2) is 6.33 Å². The van der Waals surface area contributed by atoms with Crippen molar-refractivity contribution in [3.8, 4) is 0 Å². The Morgan fingerprint density at radius 2 is 1.94 bits per heavy atom. The highest BCUT2D eigenvalue weighted by molar-refractivity contribution is 5.56. The molecule has 6 nitrogen and oxygen atoms in total. The molecule has 0 unspecified atom stereocenters. The molecule has 1 aliphatic heterocycles. The van der Waals surface area contributed by atoms with Gasteiger partial charge in [-0.05, 0) is 39.9 Å². The Kier molecular flexibility index (Phi) is 3.75. The largest absolute Gasteiger partial charge is 0.367 e. The van der Waals surface area contributed by atoms with E-state index in [0.29, 0.717) is 11.9 Å². The fourth-order valence-corrected chi connectivity index (χ4v) is 2.09. The summed E-state index contributed by atoms with van der Waals surface area (Å²) in [5.74, 6) is 6.95. The summed E-state index contributed by atoms with van der Waals surface area (Å²) >= 11 is 0. The zero-order valence-corrected chi connectivity index (χ0v) is 10.4. The lowest BCUT2D eigenvalue weighted by molar-refractivity contribution is 0.263. The molecule has 0 amide bonds. The minimum Gasteiger partial charge on any atom is -0.367 e. The van der Waals surface area contributed by atoms with E-state index in [4.69, 9.17) is 5.84 Å². The van der Waals surface area contributed by atoms with Crippen molar-refractivity contribution in [2.75, 3.05) is 30.9 Å². The number of hydrogen-bond acceptors (Lipinski definition) is 6. The third-order valence-corrected chi connectivity index (χ3v) is 3.28. The van der Waals surface area contributed by atoms with Gasteiger partial charge in [0.25, 0.3) is 0 Å². The molecule has 2 heterocycles. The van der Waals surface area contributed by atoms with Gasteiger partial charge in [-0.3, -0.25) is 0 Å². The van der Waals surface area contributed by atoms with Crippen LogP contribution in [0.25, 0.3) is 0 Å². The van der Waals surface area contributed by atoms with E-state index in [1.807, 2.05) is 6.92 Å². The zero-order chi connectivity index (χ0) is 12.3. The van der Waals surface area contributed by atoms with E-state index in [2.05, 4.69) is 32.7 Å². The second kappa shape index (κ2) is 5.29. The van der Waals surface area contributed by atoms with E-state index in [9.17, 15) is 0 Å². The average Bonchev–Trinajstić information content (AvgIpc) is 2.35. The van der Waals surface area contributed by atoms with Crippen molar-refractivity contribution in [2.45, 2.75) is 25.8 Å². The fourth-order valence-electron chi connectivity index (χ4n) is 2.09. The molecule has 0 bridgehead atoms. The highest BCUT2D eigenvalue weighted by Crippen LogP contribution is 2.20. The highest BCUT2D eigenvalue weighted by Gasteiger charge is 2.18. The Balaban J connectivity index is 2.03. The van der Waals surface area contributed by atoms with Gasteiger partial charge >= 0.3 is 0 Å². The minimum absolute atomic E-state index is 0.491. The molecule has 0 aromatic carbocycles. The van der Waals surface area contributed by atoms with Gasteiger partial charge in [0.05, 0.1) is 0 Å². The van der Waals surface area contributed by atoms with Crippen LogP contribution in [-0.2, 0) is 0 Å². The standard InChI is InChI=1S/C11H20N6/c1-8-10(13-7-14-11(8)16-12)15-9-3-5-17(2)6-4-9/h7,9H,3-6,12H2,1-2H3,(H2,13,14,15,16). The molecule has 1 aromatic rings. The Labute approximate surface area is 102 Å². The first-order chi connectivity index (χ1) is 8.20. The molecule has 17 heavy (non-hydrogen) atoms. The van der Waals surface area contributed by atoms with E-state index < -0.39 is 0 Å². The number of nitrogens with zero attached hydrogens (tertiary/aromatic N) is 3. The molecular formula is C11H20N6. The molecule has 4 N–H and O–H groups in total. The van der Waals surface area contributed by atoms with Gasteiger partial charge in [-0.25, -0.2) is 15.8 Å². The monoisotopic (exact) mass is 236 g/mol. The zero-order valence-electron chi connectivity index (χ0n) is 10.4. The van der Waals surface area contributed by atoms with Crippen molar-refractivity contribution >= 4 is 11.6 Å². The maximum atomic E-state index is 5.40. The predicted octanol–water partition coefficient (Wildman–Crippen LogP) is 0.577. The predicted molar refractivity (Wildman–Crippen MR) is 68.7 cm³/mol. The SMILES string of the molecule is Cc1c(NN)ncnc1NC1CCN(C)CC1. The second-order valence-electron chi connectivity index (χ2n) is 4.56. The van der Waals surface area contributed by atoms with Gasteiger partial charge in [0.15, 0.2) is 0 Å². The number of nitrogens with two attached hydrogens (primary N) is 1. The number of aromatic nitrogens is 2. The summed E-state index contributed by atoms with van der Waals surface area (Å²) in [7, 11) is 2.16. The molecule has 1 saturated heterocycles. The van der Waals surface area contributed by atoms with Gasteiger partial charge < -0.3 is 15.6 Å². The number of nitrogens with one attached hydrogen (secondary N) is 2. The number of hydrogen-bond donors (Lipinski definition) is 3. The van der Waals surface area contributed by atoms with Gasteiger partial charge in [-0.15, -0.1) is 0 Å². The fraction of sp³-hybridized carbons (Fsp3) is 0.636. The lowest BCUT2D eigenvalue weighted by Gasteiger charge is -2.30. The summed E-state index contributed by atoms with van der Waals surface area (Å²) in [6, 6.07) is 0.491. The van der Waals surface area contributed by atoms with Crippen molar-refractivity contribution in [3.63, 3.8) is 0 Å². The first-order valence-corrected chi connectivity index (χ1v) is 5.94. The number of rotatable bonds is 3. The maximum Gasteiger partial charge on any atom is 0.148 e. The molecule has 0 aliphatic carbocycles. The molecule has 6 heteroatoms. The number of nitrogen functional groups attached to an aromatic ring is 1. The summed E-state index contributed by atoms with van der Waals surface area (Å²) in [6.45, 7) is 4.22. The number of hydrazine groups is 1. The van der Waals surface area contributed by atoms with E-state index in [1.54, 1.807) is 0 Å². The van der Waals surface area contributed by atoms with Crippen LogP contribution in [-0.4, -0.2) is 41.0 Å². The van der Waals surface area contributed by atoms with Crippen molar-refractivity contribution in [2.24, 2.45) is 5.84 Å². The molecular weight excluding hydrogens is 216 g/mol. The van der Waals surface area contributed by atoms with Crippen LogP contribution in [0.1, 0.15) is 18.4 Å². The molecule has 0 radical (unpaired) electrons. The van der Waals surface area contributed by atoms with Gasteiger partial charge in [0, 0.05) is 11.6 Å². The van der Waals surface area contributed by atoms with Crippen molar-refractivity contribution in [3.05, 3.63) is 11.9 Å². The molecule has 1 fully saturated rings. The van der Waals surface area contributed by atoms with Crippen molar-refractivity contribution in [1.29, 1.82) is 0 Å². The van der Waals surface area contributed by atoms with Crippen molar-refractivity contribution in [1.82, 2.24) is 14.9 Å². The first-order valence-electron chi connectivity index (χ1n) is 5.94. The molecule has 1 aromatic heterocycles. The van der Waals surface area contributed by atoms with Crippen LogP contribution in [0.2, 0.25) is 0 Å². The number of likely N-dealkylation sites (tertiary alicyclic amines) is 1. The minimum atomic E-state index is 0.491. The van der Waals surface area contributed by atoms with Crippen LogP contribution in [0.5, 0.6) is 0 Å². The van der Waals surface area contributed by atoms with E-state index in [0.717, 1.165) is 37.3 Å². The summed E-state index contributed by atoms with van der Waals surface area (Å²) in [5.41, 5.74) is 3.55. The Bertz CT molecular complexity index is 372. The van der Waals surface area contributed by atoms with Crippen LogP contribution >= 0.6 is 0 Å².